The van der Waals surface area contributed by atoms with Crippen molar-refractivity contribution in [1.29, 1.82) is 0 Å². The van der Waals surface area contributed by atoms with Crippen LogP contribution in [-0.2, 0) is 10.4 Å². The number of amides is 1. The molecule has 1 amide bonds. The molecule has 2 aromatic carbocycles. The third-order valence-corrected chi connectivity index (χ3v) is 3.31. The van der Waals surface area contributed by atoms with Crippen LogP contribution in [0.5, 0.6) is 0 Å². The van der Waals surface area contributed by atoms with Crippen molar-refractivity contribution in [3.05, 3.63) is 65.2 Å². The number of hydrogen-bond acceptors (Lipinski definition) is 3. The highest BCUT2D eigenvalue weighted by Gasteiger charge is 2.26. The molecule has 5 heteroatoms. The van der Waals surface area contributed by atoms with Crippen LogP contribution in [0.2, 0.25) is 5.02 Å². The van der Waals surface area contributed by atoms with Crippen molar-refractivity contribution in [3.63, 3.8) is 0 Å². The van der Waals surface area contributed by atoms with E-state index in [1.165, 1.54) is 0 Å². The quantitative estimate of drug-likeness (QED) is 0.744. The third-order valence-electron chi connectivity index (χ3n) is 3.07. The first-order valence-electron chi connectivity index (χ1n) is 6.56. The lowest BCUT2D eigenvalue weighted by Crippen LogP contribution is -2.35. The van der Waals surface area contributed by atoms with Gasteiger partial charge in [0.15, 0.2) is 0 Å². The molecule has 0 radical (unpaired) electrons. The van der Waals surface area contributed by atoms with Crippen LogP contribution in [0.15, 0.2) is 54.6 Å². The standard InChI is InChI=1S/C16H17ClN2O2/c1-16(21,12-6-3-2-4-7-12)11-15(20)19-18-14-9-5-8-13(17)10-14/h2-10,18,21H,11H2,1H3,(H,19,20). The predicted molar refractivity (Wildman–Crippen MR) is 83.8 cm³/mol. The van der Waals surface area contributed by atoms with Crippen molar-refractivity contribution >= 4 is 23.2 Å². The Kier molecular flexibility index (Phi) is 4.83. The number of aliphatic hydroxyl groups is 1. The fourth-order valence-electron chi connectivity index (χ4n) is 1.96. The summed E-state index contributed by atoms with van der Waals surface area (Å²) in [6, 6.07) is 16.1. The lowest BCUT2D eigenvalue weighted by atomic mass is 9.92. The van der Waals surface area contributed by atoms with Crippen molar-refractivity contribution in [2.45, 2.75) is 18.9 Å². The summed E-state index contributed by atoms with van der Waals surface area (Å²) in [6.07, 6.45) is -0.0510. The van der Waals surface area contributed by atoms with Crippen LogP contribution in [-0.4, -0.2) is 11.0 Å². The van der Waals surface area contributed by atoms with Crippen molar-refractivity contribution in [3.8, 4) is 0 Å². The predicted octanol–water partition coefficient (Wildman–Crippen LogP) is 3.08. The number of rotatable bonds is 5. The van der Waals surface area contributed by atoms with Crippen molar-refractivity contribution in [2.24, 2.45) is 0 Å². The lowest BCUT2D eigenvalue weighted by molar-refractivity contribution is -0.125. The van der Waals surface area contributed by atoms with Gasteiger partial charge in [0.2, 0.25) is 5.91 Å². The van der Waals surface area contributed by atoms with E-state index >= 15 is 0 Å². The van der Waals surface area contributed by atoms with E-state index < -0.39 is 5.60 Å². The average Bonchev–Trinajstić information content (AvgIpc) is 2.46. The second kappa shape index (κ2) is 6.61. The van der Waals surface area contributed by atoms with Gasteiger partial charge in [-0.25, -0.2) is 0 Å². The summed E-state index contributed by atoms with van der Waals surface area (Å²) in [7, 11) is 0. The summed E-state index contributed by atoms with van der Waals surface area (Å²) >= 11 is 5.85. The molecule has 110 valence electrons. The van der Waals surface area contributed by atoms with Crippen LogP contribution in [0, 0.1) is 0 Å². The minimum atomic E-state index is -1.22. The number of carbonyl (C=O) groups is 1. The van der Waals surface area contributed by atoms with Crippen molar-refractivity contribution < 1.29 is 9.90 Å². The number of nitrogens with one attached hydrogen (secondary N) is 2. The monoisotopic (exact) mass is 304 g/mol. The molecular formula is C16H17ClN2O2. The molecule has 3 N–H and O–H groups in total. The summed E-state index contributed by atoms with van der Waals surface area (Å²) in [6.45, 7) is 1.61. The summed E-state index contributed by atoms with van der Waals surface area (Å²) in [4.78, 5) is 11.9. The molecule has 0 spiro atoms. The maximum absolute atomic E-state index is 11.9. The fourth-order valence-corrected chi connectivity index (χ4v) is 2.15. The normalized spacial score (nSPS) is 13.3. The summed E-state index contributed by atoms with van der Waals surface area (Å²) < 4.78 is 0. The van der Waals surface area contributed by atoms with E-state index in [-0.39, 0.29) is 12.3 Å². The zero-order chi connectivity index (χ0) is 15.3. The molecular weight excluding hydrogens is 288 g/mol. The highest BCUT2D eigenvalue weighted by Crippen LogP contribution is 2.23. The average molecular weight is 305 g/mol. The number of benzene rings is 2. The Morgan fingerprint density at radius 2 is 1.90 bits per heavy atom. The Morgan fingerprint density at radius 1 is 1.19 bits per heavy atom. The summed E-state index contributed by atoms with van der Waals surface area (Å²) in [5.41, 5.74) is 5.46. The molecule has 0 aliphatic carbocycles. The van der Waals surface area contributed by atoms with E-state index in [0.717, 1.165) is 0 Å². The highest BCUT2D eigenvalue weighted by molar-refractivity contribution is 6.30. The molecule has 0 aliphatic heterocycles. The van der Waals surface area contributed by atoms with E-state index in [9.17, 15) is 9.90 Å². The molecule has 0 saturated carbocycles. The van der Waals surface area contributed by atoms with Crippen LogP contribution in [0.1, 0.15) is 18.9 Å². The van der Waals surface area contributed by atoms with Gasteiger partial charge in [-0.1, -0.05) is 48.0 Å². The van der Waals surface area contributed by atoms with Crippen LogP contribution in [0.25, 0.3) is 0 Å². The van der Waals surface area contributed by atoms with Crippen molar-refractivity contribution in [1.82, 2.24) is 5.43 Å². The van der Waals surface area contributed by atoms with Gasteiger partial charge >= 0.3 is 0 Å². The van der Waals surface area contributed by atoms with Gasteiger partial charge in [-0.15, -0.1) is 0 Å². The van der Waals surface area contributed by atoms with Gasteiger partial charge in [0, 0.05) is 5.02 Å². The number of anilines is 1. The largest absolute Gasteiger partial charge is 0.385 e. The SMILES string of the molecule is CC(O)(CC(=O)NNc1cccc(Cl)c1)c1ccccc1. The van der Waals surface area contributed by atoms with Gasteiger partial charge in [-0.2, -0.15) is 0 Å². The first kappa shape index (κ1) is 15.4. The van der Waals surface area contributed by atoms with Gasteiger partial charge in [-0.3, -0.25) is 15.6 Å². The molecule has 2 aromatic rings. The number of carbonyl (C=O) groups excluding carboxylic acids is 1. The second-order valence-electron chi connectivity index (χ2n) is 5.00. The Hall–Kier alpha value is -2.04. The van der Waals surface area contributed by atoms with Crippen molar-refractivity contribution in [2.75, 3.05) is 5.43 Å². The number of halogens is 1. The Balaban J connectivity index is 1.92. The molecule has 0 aliphatic rings. The molecule has 21 heavy (non-hydrogen) atoms. The third kappa shape index (κ3) is 4.48. The molecule has 0 heterocycles. The smallest absolute Gasteiger partial charge is 0.241 e. The maximum Gasteiger partial charge on any atom is 0.241 e. The lowest BCUT2D eigenvalue weighted by Gasteiger charge is -2.23. The first-order valence-corrected chi connectivity index (χ1v) is 6.93. The van der Waals surface area contributed by atoms with Crippen LogP contribution < -0.4 is 10.9 Å². The van der Waals surface area contributed by atoms with Gasteiger partial charge < -0.3 is 5.11 Å². The van der Waals surface area contributed by atoms with E-state index in [1.807, 2.05) is 18.2 Å². The minimum absolute atomic E-state index is 0.0510. The molecule has 0 fully saturated rings. The Bertz CT molecular complexity index is 615. The molecule has 1 atom stereocenters. The molecule has 2 rings (SSSR count). The summed E-state index contributed by atoms with van der Waals surface area (Å²) in [5.74, 6) is -0.316. The fraction of sp³-hybridized carbons (Fsp3) is 0.188. The van der Waals surface area contributed by atoms with E-state index in [0.29, 0.717) is 16.3 Å². The van der Waals surface area contributed by atoms with Crippen LogP contribution in [0.3, 0.4) is 0 Å². The maximum atomic E-state index is 11.9. The number of hydrazine groups is 1. The van der Waals surface area contributed by atoms with Gasteiger partial charge in [0.05, 0.1) is 17.7 Å². The summed E-state index contributed by atoms with van der Waals surface area (Å²) in [5, 5.41) is 11.0. The minimum Gasteiger partial charge on any atom is -0.385 e. The Labute approximate surface area is 128 Å². The van der Waals surface area contributed by atoms with E-state index in [1.54, 1.807) is 43.3 Å². The van der Waals surface area contributed by atoms with Crippen LogP contribution >= 0.6 is 11.6 Å². The molecule has 0 bridgehead atoms. The van der Waals surface area contributed by atoms with Gasteiger partial charge in [0.1, 0.15) is 0 Å². The van der Waals surface area contributed by atoms with Gasteiger partial charge in [0.25, 0.3) is 0 Å². The highest BCUT2D eigenvalue weighted by atomic mass is 35.5. The first-order chi connectivity index (χ1) is 9.97. The second-order valence-corrected chi connectivity index (χ2v) is 5.44. The topological polar surface area (TPSA) is 61.4 Å². The van der Waals surface area contributed by atoms with Gasteiger partial charge in [-0.05, 0) is 30.7 Å². The number of hydrogen-bond donors (Lipinski definition) is 3. The van der Waals surface area contributed by atoms with E-state index in [4.69, 9.17) is 11.6 Å². The van der Waals surface area contributed by atoms with E-state index in [2.05, 4.69) is 10.9 Å². The molecule has 0 aromatic heterocycles. The van der Waals surface area contributed by atoms with Crippen LogP contribution in [0.4, 0.5) is 5.69 Å². The zero-order valence-electron chi connectivity index (χ0n) is 11.6. The zero-order valence-corrected chi connectivity index (χ0v) is 12.4. The molecule has 4 nitrogen and oxygen atoms in total. The Morgan fingerprint density at radius 3 is 2.57 bits per heavy atom. The molecule has 0 saturated heterocycles. The molecule has 1 unspecified atom stereocenters.